The van der Waals surface area contributed by atoms with Crippen LogP contribution in [0.4, 0.5) is 5.69 Å². The zero-order valence-corrected chi connectivity index (χ0v) is 14.8. The zero-order chi connectivity index (χ0) is 18.1. The number of carbonyl (C=O) groups is 1. The second-order valence-corrected chi connectivity index (χ2v) is 6.94. The van der Waals surface area contributed by atoms with Crippen LogP contribution >= 0.6 is 11.6 Å². The number of anilines is 1. The first-order chi connectivity index (χ1) is 12.7. The van der Waals surface area contributed by atoms with Crippen molar-refractivity contribution in [3.8, 4) is 6.07 Å². The molecule has 4 rings (SSSR count). The van der Waals surface area contributed by atoms with Crippen LogP contribution in [0.5, 0.6) is 0 Å². The van der Waals surface area contributed by atoms with Crippen molar-refractivity contribution in [3.63, 3.8) is 0 Å². The molecule has 5 nitrogen and oxygen atoms in total. The Bertz CT molecular complexity index is 1030. The molecule has 0 radical (unpaired) electrons. The van der Waals surface area contributed by atoms with Crippen molar-refractivity contribution in [2.45, 2.75) is 31.7 Å². The van der Waals surface area contributed by atoms with Gasteiger partial charge in [-0.3, -0.25) is 4.79 Å². The van der Waals surface area contributed by atoms with Gasteiger partial charge < -0.3 is 9.88 Å². The lowest BCUT2D eigenvalue weighted by molar-refractivity contribution is 0.102. The minimum absolute atomic E-state index is 0.262. The summed E-state index contributed by atoms with van der Waals surface area (Å²) in [5, 5.41) is 13.5. The van der Waals surface area contributed by atoms with Gasteiger partial charge in [0.1, 0.15) is 11.2 Å². The number of halogens is 1. The molecule has 0 bridgehead atoms. The largest absolute Gasteiger partial charge is 0.343 e. The Morgan fingerprint density at radius 3 is 2.81 bits per heavy atom. The van der Waals surface area contributed by atoms with Crippen LogP contribution in [0, 0.1) is 11.3 Å². The van der Waals surface area contributed by atoms with Crippen LogP contribution in [0.2, 0.25) is 5.15 Å². The smallest absolute Gasteiger partial charge is 0.255 e. The fourth-order valence-corrected chi connectivity index (χ4v) is 3.83. The van der Waals surface area contributed by atoms with Gasteiger partial charge in [0.15, 0.2) is 0 Å². The number of nitrogens with zero attached hydrogens (tertiary/aromatic N) is 3. The average molecular weight is 365 g/mol. The van der Waals surface area contributed by atoms with Gasteiger partial charge in [0.05, 0.1) is 5.56 Å². The summed E-state index contributed by atoms with van der Waals surface area (Å²) in [4.78, 5) is 16.3. The van der Waals surface area contributed by atoms with E-state index in [9.17, 15) is 10.1 Å². The molecule has 130 valence electrons. The molecule has 0 atom stereocenters. The molecule has 0 saturated heterocycles. The third-order valence-corrected chi connectivity index (χ3v) is 5.12. The molecule has 3 aromatic rings. The lowest BCUT2D eigenvalue weighted by atomic mass is 10.1. The molecular weight excluding hydrogens is 348 g/mol. The maximum absolute atomic E-state index is 12.4. The van der Waals surface area contributed by atoms with E-state index < -0.39 is 0 Å². The van der Waals surface area contributed by atoms with E-state index in [0.29, 0.717) is 22.9 Å². The number of pyridine rings is 1. The van der Waals surface area contributed by atoms with Gasteiger partial charge in [-0.25, -0.2) is 4.98 Å². The number of carbonyl (C=O) groups excluding carboxylic acids is 1. The standard InChI is InChI=1S/C20H17ClN4O/c21-19-9-13(7-8-23-19)20(26)24-15-5-6-18-17(10-15)14(11-22)12-25(18)16-3-1-2-4-16/h5-10,12,16H,1-4H2,(H,24,26). The predicted octanol–water partition coefficient (Wildman–Crippen LogP) is 4.93. The number of aromatic nitrogens is 2. The van der Waals surface area contributed by atoms with E-state index in [1.54, 1.807) is 6.07 Å². The Kier molecular flexibility index (Phi) is 4.36. The van der Waals surface area contributed by atoms with E-state index in [4.69, 9.17) is 11.6 Å². The number of hydrogen-bond acceptors (Lipinski definition) is 3. The maximum Gasteiger partial charge on any atom is 0.255 e. The summed E-state index contributed by atoms with van der Waals surface area (Å²) in [5.74, 6) is -0.262. The number of amides is 1. The molecule has 6 heteroatoms. The molecule has 0 spiro atoms. The van der Waals surface area contributed by atoms with E-state index in [-0.39, 0.29) is 11.1 Å². The Morgan fingerprint density at radius 1 is 1.27 bits per heavy atom. The van der Waals surface area contributed by atoms with Crippen molar-refractivity contribution in [1.82, 2.24) is 9.55 Å². The Balaban J connectivity index is 1.67. The minimum atomic E-state index is -0.262. The second-order valence-electron chi connectivity index (χ2n) is 6.55. The number of hydrogen-bond donors (Lipinski definition) is 1. The van der Waals surface area contributed by atoms with Crippen molar-refractivity contribution >= 4 is 34.1 Å². The Morgan fingerprint density at radius 2 is 2.08 bits per heavy atom. The Hall–Kier alpha value is -2.84. The Labute approximate surface area is 156 Å². The summed E-state index contributed by atoms with van der Waals surface area (Å²) >= 11 is 5.84. The minimum Gasteiger partial charge on any atom is -0.343 e. The molecule has 1 saturated carbocycles. The molecular formula is C20H17ClN4O. The van der Waals surface area contributed by atoms with Crippen molar-refractivity contribution in [2.24, 2.45) is 0 Å². The summed E-state index contributed by atoms with van der Waals surface area (Å²) in [5.41, 5.74) is 2.76. The highest BCUT2D eigenvalue weighted by molar-refractivity contribution is 6.29. The first-order valence-electron chi connectivity index (χ1n) is 8.63. The van der Waals surface area contributed by atoms with Gasteiger partial charge in [0.2, 0.25) is 0 Å². The molecule has 1 amide bonds. The molecule has 2 heterocycles. The van der Waals surface area contributed by atoms with Crippen LogP contribution in [0.25, 0.3) is 10.9 Å². The van der Waals surface area contributed by atoms with Crippen LogP contribution in [-0.4, -0.2) is 15.5 Å². The maximum atomic E-state index is 12.4. The van der Waals surface area contributed by atoms with Crippen LogP contribution in [-0.2, 0) is 0 Å². The fourth-order valence-electron chi connectivity index (χ4n) is 3.65. The van der Waals surface area contributed by atoms with E-state index in [0.717, 1.165) is 23.7 Å². The molecule has 1 aliphatic carbocycles. The highest BCUT2D eigenvalue weighted by Crippen LogP contribution is 2.35. The normalized spacial score (nSPS) is 14.5. The van der Waals surface area contributed by atoms with Crippen molar-refractivity contribution in [3.05, 3.63) is 59.0 Å². The molecule has 1 aromatic carbocycles. The van der Waals surface area contributed by atoms with E-state index in [1.165, 1.54) is 25.1 Å². The molecule has 0 unspecified atom stereocenters. The first-order valence-corrected chi connectivity index (χ1v) is 9.01. The average Bonchev–Trinajstić information content (AvgIpc) is 3.28. The third kappa shape index (κ3) is 3.04. The topological polar surface area (TPSA) is 70.7 Å². The zero-order valence-electron chi connectivity index (χ0n) is 14.1. The second kappa shape index (κ2) is 6.81. The number of nitriles is 1. The summed E-state index contributed by atoms with van der Waals surface area (Å²) in [6, 6.07) is 11.6. The lowest BCUT2D eigenvalue weighted by Crippen LogP contribution is -2.12. The molecule has 1 N–H and O–H groups in total. The molecule has 1 fully saturated rings. The molecule has 1 aliphatic rings. The highest BCUT2D eigenvalue weighted by atomic mass is 35.5. The molecule has 0 aliphatic heterocycles. The monoisotopic (exact) mass is 364 g/mol. The van der Waals surface area contributed by atoms with Gasteiger partial charge in [0, 0.05) is 40.6 Å². The van der Waals surface area contributed by atoms with E-state index in [2.05, 4.69) is 20.9 Å². The molecule has 2 aromatic heterocycles. The van der Waals surface area contributed by atoms with Crippen LogP contribution in [0.1, 0.15) is 47.6 Å². The van der Waals surface area contributed by atoms with Crippen LogP contribution < -0.4 is 5.32 Å². The fraction of sp³-hybridized carbons (Fsp3) is 0.250. The number of fused-ring (bicyclic) bond motifs is 1. The van der Waals surface area contributed by atoms with Gasteiger partial charge in [-0.2, -0.15) is 5.26 Å². The predicted molar refractivity (Wildman–Crippen MR) is 101 cm³/mol. The summed E-state index contributed by atoms with van der Waals surface area (Å²) in [6.07, 6.45) is 8.19. The summed E-state index contributed by atoms with van der Waals surface area (Å²) in [6.45, 7) is 0. The van der Waals surface area contributed by atoms with Crippen molar-refractivity contribution in [1.29, 1.82) is 5.26 Å². The van der Waals surface area contributed by atoms with Crippen LogP contribution in [0.3, 0.4) is 0 Å². The van der Waals surface area contributed by atoms with Gasteiger partial charge in [-0.1, -0.05) is 24.4 Å². The van der Waals surface area contributed by atoms with Crippen molar-refractivity contribution < 1.29 is 4.79 Å². The molecule has 26 heavy (non-hydrogen) atoms. The van der Waals surface area contributed by atoms with Crippen molar-refractivity contribution in [2.75, 3.05) is 5.32 Å². The van der Waals surface area contributed by atoms with E-state index in [1.807, 2.05) is 24.4 Å². The summed E-state index contributed by atoms with van der Waals surface area (Å²) < 4.78 is 2.22. The number of nitrogens with one attached hydrogen (secondary N) is 1. The van der Waals surface area contributed by atoms with Crippen LogP contribution in [0.15, 0.2) is 42.7 Å². The lowest BCUT2D eigenvalue weighted by Gasteiger charge is -2.13. The number of benzene rings is 1. The van der Waals surface area contributed by atoms with Gasteiger partial charge in [0.25, 0.3) is 5.91 Å². The van der Waals surface area contributed by atoms with Gasteiger partial charge >= 0.3 is 0 Å². The summed E-state index contributed by atoms with van der Waals surface area (Å²) in [7, 11) is 0. The van der Waals surface area contributed by atoms with E-state index >= 15 is 0 Å². The number of rotatable bonds is 3. The third-order valence-electron chi connectivity index (χ3n) is 4.92. The first kappa shape index (κ1) is 16.6. The van der Waals surface area contributed by atoms with Gasteiger partial charge in [-0.15, -0.1) is 0 Å². The SMILES string of the molecule is N#Cc1cn(C2CCCC2)c2ccc(NC(=O)c3ccnc(Cl)c3)cc12. The highest BCUT2D eigenvalue weighted by Gasteiger charge is 2.20. The quantitative estimate of drug-likeness (QED) is 0.670. The van der Waals surface area contributed by atoms with Gasteiger partial charge in [-0.05, 0) is 43.2 Å².